The normalized spacial score (nSPS) is 15.0. The fourth-order valence-electron chi connectivity index (χ4n) is 3.97. The van der Waals surface area contributed by atoms with Gasteiger partial charge >= 0.3 is 0 Å². The number of benzene rings is 3. The molecule has 3 aromatic carbocycles. The van der Waals surface area contributed by atoms with E-state index in [2.05, 4.69) is 9.62 Å². The highest BCUT2D eigenvalue weighted by molar-refractivity contribution is 7.89. The lowest BCUT2D eigenvalue weighted by atomic mass is 10.1. The van der Waals surface area contributed by atoms with Crippen molar-refractivity contribution in [3.8, 4) is 5.75 Å². The average molecular weight is 532 g/mol. The summed E-state index contributed by atoms with van der Waals surface area (Å²) in [6.07, 6.45) is 0. The molecular formula is C26H27ClFN3O4S. The van der Waals surface area contributed by atoms with Gasteiger partial charge in [0.25, 0.3) is 5.91 Å². The van der Waals surface area contributed by atoms with Crippen LogP contribution in [0.4, 0.5) is 10.1 Å². The monoisotopic (exact) mass is 531 g/mol. The number of hydrogen-bond donors (Lipinski definition) is 1. The summed E-state index contributed by atoms with van der Waals surface area (Å²) < 4.78 is 47.0. The van der Waals surface area contributed by atoms with Crippen molar-refractivity contribution < 1.29 is 22.3 Å². The quantitative estimate of drug-likeness (QED) is 0.470. The number of ether oxygens (including phenoxy) is 1. The first-order chi connectivity index (χ1) is 17.2. The van der Waals surface area contributed by atoms with Crippen LogP contribution < -0.4 is 14.4 Å². The molecule has 3 aromatic rings. The largest absolute Gasteiger partial charge is 0.482 e. The van der Waals surface area contributed by atoms with Crippen molar-refractivity contribution >= 4 is 33.2 Å². The predicted octanol–water partition coefficient (Wildman–Crippen LogP) is 4.25. The molecule has 0 aliphatic carbocycles. The SMILES string of the molecule is C[C@H](NS(=O)(=O)c1ccc(OCC(=O)N2CCN(c3ccc(F)cc3)CC2)c(Cl)c1)c1ccccc1. The first kappa shape index (κ1) is 25.9. The van der Waals surface area contributed by atoms with Gasteiger partial charge in [-0.05, 0) is 55.0 Å². The van der Waals surface area contributed by atoms with Crippen LogP contribution in [0.25, 0.3) is 0 Å². The topological polar surface area (TPSA) is 78.9 Å². The number of sulfonamides is 1. The average Bonchev–Trinajstić information content (AvgIpc) is 2.88. The van der Waals surface area contributed by atoms with E-state index in [1.807, 2.05) is 30.3 Å². The first-order valence-corrected chi connectivity index (χ1v) is 13.4. The lowest BCUT2D eigenvalue weighted by Gasteiger charge is -2.36. The van der Waals surface area contributed by atoms with Gasteiger partial charge in [0.05, 0.1) is 9.92 Å². The maximum Gasteiger partial charge on any atom is 0.260 e. The third-order valence-corrected chi connectivity index (χ3v) is 7.85. The van der Waals surface area contributed by atoms with Crippen molar-refractivity contribution in [1.82, 2.24) is 9.62 Å². The van der Waals surface area contributed by atoms with Gasteiger partial charge in [-0.25, -0.2) is 17.5 Å². The zero-order valence-electron chi connectivity index (χ0n) is 19.7. The summed E-state index contributed by atoms with van der Waals surface area (Å²) in [5.74, 6) is -0.253. The molecule has 7 nitrogen and oxygen atoms in total. The molecule has 1 aliphatic rings. The Labute approximate surface area is 215 Å². The molecule has 10 heteroatoms. The van der Waals surface area contributed by atoms with Crippen LogP contribution in [0.15, 0.2) is 77.7 Å². The summed E-state index contributed by atoms with van der Waals surface area (Å²) in [5, 5.41) is 0.0965. The Hall–Kier alpha value is -3.14. The number of nitrogens with zero attached hydrogens (tertiary/aromatic N) is 2. The van der Waals surface area contributed by atoms with E-state index in [9.17, 15) is 17.6 Å². The number of nitrogens with one attached hydrogen (secondary N) is 1. The van der Waals surface area contributed by atoms with E-state index in [0.717, 1.165) is 11.3 Å². The number of carbonyl (C=O) groups excluding carboxylic acids is 1. The maximum absolute atomic E-state index is 13.1. The van der Waals surface area contributed by atoms with Crippen LogP contribution >= 0.6 is 11.6 Å². The predicted molar refractivity (Wildman–Crippen MR) is 137 cm³/mol. The van der Waals surface area contributed by atoms with Gasteiger partial charge in [0.1, 0.15) is 11.6 Å². The molecule has 0 spiro atoms. The molecule has 0 bridgehead atoms. The van der Waals surface area contributed by atoms with E-state index < -0.39 is 16.1 Å². The van der Waals surface area contributed by atoms with E-state index in [4.69, 9.17) is 16.3 Å². The molecule has 1 atom stereocenters. The first-order valence-electron chi connectivity index (χ1n) is 11.5. The minimum absolute atomic E-state index is 0.00544. The molecule has 4 rings (SSSR count). The van der Waals surface area contributed by atoms with Crippen molar-refractivity contribution in [2.75, 3.05) is 37.7 Å². The van der Waals surface area contributed by atoms with E-state index in [-0.39, 0.29) is 34.0 Å². The molecule has 1 amide bonds. The molecule has 36 heavy (non-hydrogen) atoms. The Balaban J connectivity index is 1.31. The van der Waals surface area contributed by atoms with Crippen molar-refractivity contribution in [1.29, 1.82) is 0 Å². The molecule has 0 unspecified atom stereocenters. The molecule has 0 radical (unpaired) electrons. The van der Waals surface area contributed by atoms with Gasteiger partial charge in [0.15, 0.2) is 6.61 Å². The number of piperazine rings is 1. The smallest absolute Gasteiger partial charge is 0.260 e. The number of hydrogen-bond acceptors (Lipinski definition) is 5. The lowest BCUT2D eigenvalue weighted by Crippen LogP contribution is -2.50. The Morgan fingerprint density at radius 1 is 1.03 bits per heavy atom. The molecule has 1 N–H and O–H groups in total. The number of carbonyl (C=O) groups is 1. The van der Waals surface area contributed by atoms with Crippen LogP contribution in [0.5, 0.6) is 5.75 Å². The molecule has 0 aromatic heterocycles. The molecule has 1 heterocycles. The van der Waals surface area contributed by atoms with E-state index in [1.54, 1.807) is 24.0 Å². The molecule has 190 valence electrons. The number of halogens is 2. The second-order valence-corrected chi connectivity index (χ2v) is 10.6. The molecule has 1 saturated heterocycles. The third-order valence-electron chi connectivity index (χ3n) is 6.02. The summed E-state index contributed by atoms with van der Waals surface area (Å²) in [6, 6.07) is 19.2. The highest BCUT2D eigenvalue weighted by atomic mass is 35.5. The summed E-state index contributed by atoms with van der Waals surface area (Å²) >= 11 is 6.28. The molecular weight excluding hydrogens is 505 g/mol. The van der Waals surface area contributed by atoms with Crippen LogP contribution in [0.3, 0.4) is 0 Å². The van der Waals surface area contributed by atoms with E-state index >= 15 is 0 Å². The lowest BCUT2D eigenvalue weighted by molar-refractivity contribution is -0.133. The summed E-state index contributed by atoms with van der Waals surface area (Å²) in [7, 11) is -3.82. The fourth-order valence-corrected chi connectivity index (χ4v) is 5.53. The Bertz CT molecular complexity index is 1300. The molecule has 0 saturated carbocycles. The van der Waals surface area contributed by atoms with Gasteiger partial charge in [-0.15, -0.1) is 0 Å². The third kappa shape index (κ3) is 6.34. The van der Waals surface area contributed by atoms with Gasteiger partial charge < -0.3 is 14.5 Å². The summed E-state index contributed by atoms with van der Waals surface area (Å²) in [4.78, 5) is 16.4. The minimum Gasteiger partial charge on any atom is -0.482 e. The van der Waals surface area contributed by atoms with Gasteiger partial charge in [-0.1, -0.05) is 41.9 Å². The van der Waals surface area contributed by atoms with Crippen molar-refractivity contribution in [2.45, 2.75) is 17.9 Å². The van der Waals surface area contributed by atoms with Crippen molar-refractivity contribution in [3.05, 3.63) is 89.2 Å². The second-order valence-electron chi connectivity index (χ2n) is 8.48. The fraction of sp³-hybridized carbons (Fsp3) is 0.269. The highest BCUT2D eigenvalue weighted by Gasteiger charge is 2.23. The zero-order valence-corrected chi connectivity index (χ0v) is 21.3. The van der Waals surface area contributed by atoms with Crippen LogP contribution in [0.2, 0.25) is 5.02 Å². The zero-order chi connectivity index (χ0) is 25.7. The number of rotatable bonds is 8. The van der Waals surface area contributed by atoms with E-state index in [0.29, 0.717) is 26.2 Å². The molecule has 1 aliphatic heterocycles. The van der Waals surface area contributed by atoms with Crippen LogP contribution in [-0.4, -0.2) is 52.0 Å². The van der Waals surface area contributed by atoms with Gasteiger partial charge in [-0.3, -0.25) is 4.79 Å². The standard InChI is InChI=1S/C26H27ClFN3O4S/c1-19(20-5-3-2-4-6-20)29-36(33,34)23-11-12-25(24(27)17-23)35-18-26(32)31-15-13-30(14-16-31)22-9-7-21(28)8-10-22/h2-12,17,19,29H,13-16,18H2,1H3/t19-/m0/s1. The Kier molecular flexibility index (Phi) is 8.13. The number of anilines is 1. The Morgan fingerprint density at radius 2 is 1.69 bits per heavy atom. The van der Waals surface area contributed by atoms with Gasteiger partial charge in [-0.2, -0.15) is 0 Å². The van der Waals surface area contributed by atoms with Crippen LogP contribution in [0, 0.1) is 5.82 Å². The number of amides is 1. The maximum atomic E-state index is 13.1. The van der Waals surface area contributed by atoms with Gasteiger partial charge in [0, 0.05) is 37.9 Å². The van der Waals surface area contributed by atoms with E-state index in [1.165, 1.54) is 30.3 Å². The van der Waals surface area contributed by atoms with Gasteiger partial charge in [0.2, 0.25) is 10.0 Å². The minimum atomic E-state index is -3.82. The van der Waals surface area contributed by atoms with Crippen LogP contribution in [0.1, 0.15) is 18.5 Å². The van der Waals surface area contributed by atoms with Crippen LogP contribution in [-0.2, 0) is 14.8 Å². The van der Waals surface area contributed by atoms with Crippen molar-refractivity contribution in [3.63, 3.8) is 0 Å². The highest BCUT2D eigenvalue weighted by Crippen LogP contribution is 2.28. The summed E-state index contributed by atoms with van der Waals surface area (Å²) in [5.41, 5.74) is 1.75. The summed E-state index contributed by atoms with van der Waals surface area (Å²) in [6.45, 7) is 3.81. The second kappa shape index (κ2) is 11.3. The van der Waals surface area contributed by atoms with Crippen molar-refractivity contribution in [2.24, 2.45) is 0 Å². The Morgan fingerprint density at radius 3 is 2.33 bits per heavy atom. The molecule has 1 fully saturated rings.